The zero-order valence-electron chi connectivity index (χ0n) is 18.7. The van der Waals surface area contributed by atoms with Crippen LogP contribution in [0.1, 0.15) is 59.3 Å². The van der Waals surface area contributed by atoms with Crippen molar-refractivity contribution in [2.45, 2.75) is 70.2 Å². The summed E-state index contributed by atoms with van der Waals surface area (Å²) in [5.41, 5.74) is 0. The number of rotatable bonds is 14. The van der Waals surface area contributed by atoms with E-state index in [-0.39, 0.29) is 38.1 Å². The quantitative estimate of drug-likeness (QED) is 0.251. The molecule has 1 N–H and O–H groups in total. The van der Waals surface area contributed by atoms with Gasteiger partial charge in [0.05, 0.1) is 0 Å². The molecule has 0 bridgehead atoms. The first-order valence-corrected chi connectivity index (χ1v) is 12.6. The zero-order chi connectivity index (χ0) is 22.4. The summed E-state index contributed by atoms with van der Waals surface area (Å²) in [6.45, 7) is 6.06. The third kappa shape index (κ3) is 9.77. The van der Waals surface area contributed by atoms with Crippen molar-refractivity contribution in [1.82, 2.24) is 10.2 Å². The van der Waals surface area contributed by atoms with Crippen molar-refractivity contribution in [2.24, 2.45) is 0 Å². The molecule has 30 heavy (non-hydrogen) atoms. The van der Waals surface area contributed by atoms with Crippen molar-refractivity contribution in [3.8, 4) is 0 Å². The van der Waals surface area contributed by atoms with E-state index >= 15 is 0 Å². The van der Waals surface area contributed by atoms with Crippen molar-refractivity contribution >= 4 is 37.2 Å². The first-order valence-electron chi connectivity index (χ1n) is 10.7. The number of carbonyl (C=O) groups is 3. The Kier molecular flexibility index (Phi) is 13.1. The molecular formula is C23H36N2O4Se. The van der Waals surface area contributed by atoms with Crippen molar-refractivity contribution in [3.63, 3.8) is 0 Å². The van der Waals surface area contributed by atoms with Gasteiger partial charge in [-0.3, -0.25) is 0 Å². The molecule has 2 amide bonds. The van der Waals surface area contributed by atoms with E-state index in [1.165, 1.54) is 37.8 Å². The van der Waals surface area contributed by atoms with Gasteiger partial charge in [0.1, 0.15) is 0 Å². The molecule has 7 heteroatoms. The third-order valence-corrected chi connectivity index (χ3v) is 7.37. The number of nitrogens with zero attached hydrogens (tertiary/aromatic N) is 1. The molecule has 6 nitrogen and oxygen atoms in total. The Labute approximate surface area is 187 Å². The van der Waals surface area contributed by atoms with Crippen LogP contribution in [0.5, 0.6) is 0 Å². The summed E-state index contributed by atoms with van der Waals surface area (Å²) in [5, 5.41) is 2.66. The number of benzene rings is 1. The zero-order valence-corrected chi connectivity index (χ0v) is 20.4. The van der Waals surface area contributed by atoms with Crippen LogP contribution >= 0.6 is 0 Å². The van der Waals surface area contributed by atoms with E-state index in [1.807, 2.05) is 37.3 Å². The first kappa shape index (κ1) is 26.2. The fourth-order valence-corrected chi connectivity index (χ4v) is 5.68. The normalized spacial score (nSPS) is 12.7. The van der Waals surface area contributed by atoms with Gasteiger partial charge in [0.25, 0.3) is 0 Å². The minimum absolute atomic E-state index is 0.00333. The number of ether oxygens (including phenoxy) is 1. The number of methoxy groups -OCH3 is 1. The SMILES string of the molecule is CCCCCCCCN(C(C)=O)C(C(=O)NCC(=O)OC)[C@H](C)[Se]c1ccccc1. The van der Waals surface area contributed by atoms with Crippen LogP contribution in [0, 0.1) is 0 Å². The van der Waals surface area contributed by atoms with Crippen molar-refractivity contribution < 1.29 is 19.1 Å². The molecule has 0 spiro atoms. The van der Waals surface area contributed by atoms with Crippen molar-refractivity contribution in [2.75, 3.05) is 20.2 Å². The second-order valence-corrected chi connectivity index (χ2v) is 10.4. The fourth-order valence-electron chi connectivity index (χ4n) is 3.28. The summed E-state index contributed by atoms with van der Waals surface area (Å²) in [7, 11) is 1.29. The maximum absolute atomic E-state index is 13.0. The molecule has 0 aromatic heterocycles. The van der Waals surface area contributed by atoms with Gasteiger partial charge in [-0.05, 0) is 0 Å². The Balaban J connectivity index is 2.88. The summed E-state index contributed by atoms with van der Waals surface area (Å²) in [6, 6.07) is 9.41. The fraction of sp³-hybridized carbons (Fsp3) is 0.609. The molecule has 1 unspecified atom stereocenters. The van der Waals surface area contributed by atoms with E-state index in [0.717, 1.165) is 19.3 Å². The van der Waals surface area contributed by atoms with Crippen LogP contribution in [-0.4, -0.2) is 63.9 Å². The number of hydrogen-bond donors (Lipinski definition) is 1. The molecule has 1 aromatic carbocycles. The number of hydrogen-bond acceptors (Lipinski definition) is 4. The van der Waals surface area contributed by atoms with E-state index in [9.17, 15) is 14.4 Å². The Morgan fingerprint density at radius 2 is 1.70 bits per heavy atom. The van der Waals surface area contributed by atoms with E-state index in [0.29, 0.717) is 6.54 Å². The van der Waals surface area contributed by atoms with Gasteiger partial charge in [0, 0.05) is 0 Å². The molecule has 0 fully saturated rings. The van der Waals surface area contributed by atoms with Gasteiger partial charge in [0.2, 0.25) is 0 Å². The van der Waals surface area contributed by atoms with Crippen molar-refractivity contribution in [1.29, 1.82) is 0 Å². The van der Waals surface area contributed by atoms with E-state index in [2.05, 4.69) is 17.0 Å². The van der Waals surface area contributed by atoms with Crippen LogP contribution in [-0.2, 0) is 19.1 Å². The Morgan fingerprint density at radius 1 is 1.07 bits per heavy atom. The summed E-state index contributed by atoms with van der Waals surface area (Å²) < 4.78 is 5.80. The van der Waals surface area contributed by atoms with E-state index in [4.69, 9.17) is 0 Å². The van der Waals surface area contributed by atoms with Crippen LogP contribution in [0.3, 0.4) is 0 Å². The molecule has 0 saturated heterocycles. The predicted molar refractivity (Wildman–Crippen MR) is 121 cm³/mol. The predicted octanol–water partition coefficient (Wildman–Crippen LogP) is 2.69. The summed E-state index contributed by atoms with van der Waals surface area (Å²) in [6.07, 6.45) is 6.68. The van der Waals surface area contributed by atoms with Crippen LogP contribution < -0.4 is 9.78 Å². The Bertz CT molecular complexity index is 654. The second kappa shape index (κ2) is 15.0. The molecule has 0 saturated carbocycles. The first-order chi connectivity index (χ1) is 14.4. The van der Waals surface area contributed by atoms with Gasteiger partial charge in [-0.15, -0.1) is 0 Å². The standard InChI is InChI=1S/C23H36N2O4Se/c1-5-6-7-8-9-13-16-25(19(3)26)22(23(28)24-17-21(27)29-4)18(2)30-20-14-11-10-12-15-20/h10-12,14-15,18,22H,5-9,13,16-17H2,1-4H3,(H,24,28)/t18-,22?/m0/s1. The summed E-state index contributed by atoms with van der Waals surface area (Å²) in [4.78, 5) is 38.6. The van der Waals surface area contributed by atoms with Gasteiger partial charge in [-0.1, -0.05) is 0 Å². The van der Waals surface area contributed by atoms with Crippen LogP contribution in [0.15, 0.2) is 30.3 Å². The number of carbonyl (C=O) groups excluding carboxylic acids is 3. The maximum atomic E-state index is 13.0. The molecule has 0 aliphatic heterocycles. The average Bonchev–Trinajstić information content (AvgIpc) is 2.73. The number of nitrogens with one attached hydrogen (secondary N) is 1. The van der Waals surface area contributed by atoms with Gasteiger partial charge in [-0.25, -0.2) is 0 Å². The van der Waals surface area contributed by atoms with Gasteiger partial charge < -0.3 is 0 Å². The molecule has 0 aliphatic rings. The minimum atomic E-state index is -0.608. The topological polar surface area (TPSA) is 75.7 Å². The molecule has 0 aliphatic carbocycles. The summed E-state index contributed by atoms with van der Waals surface area (Å²) in [5.74, 6) is -0.919. The second-order valence-electron chi connectivity index (χ2n) is 7.35. The van der Waals surface area contributed by atoms with E-state index in [1.54, 1.807) is 4.90 Å². The average molecular weight is 484 g/mol. The van der Waals surface area contributed by atoms with E-state index < -0.39 is 12.0 Å². The molecule has 0 radical (unpaired) electrons. The Morgan fingerprint density at radius 3 is 2.30 bits per heavy atom. The van der Waals surface area contributed by atoms with Gasteiger partial charge in [0.15, 0.2) is 0 Å². The number of esters is 1. The third-order valence-electron chi connectivity index (χ3n) is 4.91. The van der Waals surface area contributed by atoms with Gasteiger partial charge >= 0.3 is 187 Å². The molecule has 2 atom stereocenters. The monoisotopic (exact) mass is 484 g/mol. The van der Waals surface area contributed by atoms with Crippen LogP contribution in [0.4, 0.5) is 0 Å². The number of unbranched alkanes of at least 4 members (excludes halogenated alkanes) is 5. The van der Waals surface area contributed by atoms with Crippen LogP contribution in [0.2, 0.25) is 4.82 Å². The molecule has 1 aromatic rings. The summed E-state index contributed by atoms with van der Waals surface area (Å²) >= 11 is 0.00333. The molecule has 168 valence electrons. The van der Waals surface area contributed by atoms with Crippen molar-refractivity contribution in [3.05, 3.63) is 30.3 Å². The van der Waals surface area contributed by atoms with Crippen LogP contribution in [0.25, 0.3) is 0 Å². The molecular weight excluding hydrogens is 447 g/mol. The number of amides is 2. The molecule has 0 heterocycles. The Hall–Kier alpha value is -1.85. The molecule has 1 rings (SSSR count). The van der Waals surface area contributed by atoms with Gasteiger partial charge in [-0.2, -0.15) is 0 Å².